The molecule has 130 valence electrons. The van der Waals surface area contributed by atoms with E-state index in [1.807, 2.05) is 19.1 Å². The maximum absolute atomic E-state index is 12.2. The van der Waals surface area contributed by atoms with E-state index in [1.165, 1.54) is 0 Å². The topological polar surface area (TPSA) is 93.8 Å². The summed E-state index contributed by atoms with van der Waals surface area (Å²) in [5.74, 6) is 0.833. The van der Waals surface area contributed by atoms with Gasteiger partial charge in [-0.25, -0.2) is 9.97 Å². The predicted molar refractivity (Wildman–Crippen MR) is 100 cm³/mol. The maximum atomic E-state index is 12.2. The maximum Gasteiger partial charge on any atom is 0.270 e. The molecule has 0 spiro atoms. The van der Waals surface area contributed by atoms with Gasteiger partial charge in [0.2, 0.25) is 5.89 Å². The second-order valence-corrected chi connectivity index (χ2v) is 7.34. The molecule has 0 saturated heterocycles. The van der Waals surface area contributed by atoms with Crippen LogP contribution in [0.1, 0.15) is 20.9 Å². The van der Waals surface area contributed by atoms with Crippen LogP contribution in [0.4, 0.5) is 5.82 Å². The molecule has 4 aromatic heterocycles. The van der Waals surface area contributed by atoms with Gasteiger partial charge < -0.3 is 9.73 Å². The third-order valence-electron chi connectivity index (χ3n) is 3.69. The molecule has 0 atom stereocenters. The number of thiophene rings is 1. The van der Waals surface area contributed by atoms with Gasteiger partial charge in [-0.2, -0.15) is 0 Å². The summed E-state index contributed by atoms with van der Waals surface area (Å²) in [7, 11) is 0. The van der Waals surface area contributed by atoms with Crippen LogP contribution < -0.4 is 5.32 Å². The highest BCUT2D eigenvalue weighted by Crippen LogP contribution is 2.37. The Hall–Kier alpha value is -2.91. The minimum atomic E-state index is -0.253. The van der Waals surface area contributed by atoms with Crippen LogP contribution in [0.2, 0.25) is 0 Å². The van der Waals surface area contributed by atoms with Crippen molar-refractivity contribution >= 4 is 34.6 Å². The number of amides is 1. The Bertz CT molecular complexity index is 1050. The summed E-state index contributed by atoms with van der Waals surface area (Å²) < 4.78 is 9.13. The Morgan fingerprint density at radius 2 is 2.12 bits per heavy atom. The minimum Gasteiger partial charge on any atom is -0.444 e. The molecule has 0 aliphatic rings. The zero-order chi connectivity index (χ0) is 18.1. The number of nitrogens with one attached hydrogen (secondary N) is 1. The zero-order valence-electron chi connectivity index (χ0n) is 13.9. The molecular weight excluding hydrogens is 370 g/mol. The first-order valence-corrected chi connectivity index (χ1v) is 9.28. The van der Waals surface area contributed by atoms with Crippen molar-refractivity contribution in [3.8, 4) is 21.2 Å². The zero-order valence-corrected chi connectivity index (χ0v) is 15.5. The first kappa shape index (κ1) is 16.6. The number of carbonyl (C=O) groups is 1. The van der Waals surface area contributed by atoms with E-state index < -0.39 is 0 Å². The summed E-state index contributed by atoms with van der Waals surface area (Å²) in [6.07, 6.45) is 4.93. The lowest BCUT2D eigenvalue weighted by atomic mass is 10.1. The largest absolute Gasteiger partial charge is 0.444 e. The molecule has 4 heterocycles. The lowest BCUT2D eigenvalue weighted by molar-refractivity contribution is 0.102. The van der Waals surface area contributed by atoms with Gasteiger partial charge in [-0.15, -0.1) is 16.4 Å². The number of nitrogens with zero attached hydrogens (tertiary/aromatic N) is 4. The van der Waals surface area contributed by atoms with Gasteiger partial charge in [0.05, 0.1) is 16.8 Å². The van der Waals surface area contributed by atoms with E-state index in [-0.39, 0.29) is 5.91 Å². The van der Waals surface area contributed by atoms with Crippen molar-refractivity contribution in [3.63, 3.8) is 0 Å². The van der Waals surface area contributed by atoms with Crippen LogP contribution in [0.15, 0.2) is 41.3 Å². The molecule has 0 aliphatic carbocycles. The molecule has 4 aromatic rings. The van der Waals surface area contributed by atoms with Gasteiger partial charge in [0, 0.05) is 16.6 Å². The lowest BCUT2D eigenvalue weighted by Gasteiger charge is -2.04. The van der Waals surface area contributed by atoms with Crippen LogP contribution in [-0.4, -0.2) is 25.5 Å². The molecule has 0 aliphatic heterocycles. The Morgan fingerprint density at radius 1 is 1.23 bits per heavy atom. The highest BCUT2D eigenvalue weighted by Gasteiger charge is 2.15. The highest BCUT2D eigenvalue weighted by atomic mass is 32.1. The second kappa shape index (κ2) is 6.77. The fraction of sp³-hybridized carbons (Fsp3) is 0.118. The number of hydrogen-bond donors (Lipinski definition) is 1. The number of aryl methyl sites for hydroxylation is 2. The fourth-order valence-corrected chi connectivity index (χ4v) is 4.09. The van der Waals surface area contributed by atoms with Crippen LogP contribution in [-0.2, 0) is 0 Å². The van der Waals surface area contributed by atoms with E-state index >= 15 is 0 Å². The molecule has 9 heteroatoms. The molecule has 1 N–H and O–H groups in total. The van der Waals surface area contributed by atoms with Crippen molar-refractivity contribution in [2.75, 3.05) is 5.32 Å². The molecule has 7 nitrogen and oxygen atoms in total. The van der Waals surface area contributed by atoms with Crippen molar-refractivity contribution in [1.29, 1.82) is 0 Å². The second-order valence-electron chi connectivity index (χ2n) is 5.53. The van der Waals surface area contributed by atoms with Crippen LogP contribution in [0.25, 0.3) is 21.2 Å². The number of aromatic nitrogens is 4. The van der Waals surface area contributed by atoms with Gasteiger partial charge >= 0.3 is 0 Å². The van der Waals surface area contributed by atoms with Gasteiger partial charge in [-0.3, -0.25) is 4.79 Å². The lowest BCUT2D eigenvalue weighted by Crippen LogP contribution is -2.12. The quantitative estimate of drug-likeness (QED) is 0.568. The molecule has 26 heavy (non-hydrogen) atoms. The van der Waals surface area contributed by atoms with E-state index in [0.717, 1.165) is 32.4 Å². The average Bonchev–Trinajstić information content (AvgIpc) is 3.36. The normalized spacial score (nSPS) is 10.8. The van der Waals surface area contributed by atoms with Gasteiger partial charge in [0.1, 0.15) is 17.0 Å². The number of oxazole rings is 1. The molecule has 0 unspecified atom stereocenters. The van der Waals surface area contributed by atoms with Crippen molar-refractivity contribution in [2.45, 2.75) is 13.8 Å². The van der Waals surface area contributed by atoms with E-state index in [1.54, 1.807) is 43.0 Å². The van der Waals surface area contributed by atoms with E-state index in [4.69, 9.17) is 4.42 Å². The predicted octanol–water partition coefficient (Wildman–Crippen LogP) is 4.19. The molecule has 4 rings (SSSR count). The first-order chi connectivity index (χ1) is 12.6. The number of carbonyl (C=O) groups excluding carboxylic acids is 1. The Balaban J connectivity index is 1.55. The smallest absolute Gasteiger partial charge is 0.270 e. The average molecular weight is 383 g/mol. The molecule has 0 saturated carbocycles. The molecule has 0 fully saturated rings. The summed E-state index contributed by atoms with van der Waals surface area (Å²) >= 11 is 2.66. The van der Waals surface area contributed by atoms with Crippen molar-refractivity contribution in [3.05, 3.63) is 53.0 Å². The SMILES string of the molecule is Cc1cc(-c2ncco2)sc1-c1ccc(NC(=O)c2snnc2C)nc1. The van der Waals surface area contributed by atoms with Gasteiger partial charge in [-0.1, -0.05) is 4.49 Å². The van der Waals surface area contributed by atoms with Gasteiger partial charge in [-0.05, 0) is 49.1 Å². The Labute approximate surface area is 156 Å². The summed E-state index contributed by atoms with van der Waals surface area (Å²) in [5.41, 5.74) is 2.70. The molecule has 0 radical (unpaired) electrons. The number of anilines is 1. The first-order valence-electron chi connectivity index (χ1n) is 7.69. The van der Waals surface area contributed by atoms with Crippen LogP contribution in [0.3, 0.4) is 0 Å². The van der Waals surface area contributed by atoms with E-state index in [0.29, 0.717) is 22.3 Å². The minimum absolute atomic E-state index is 0.253. The van der Waals surface area contributed by atoms with Crippen LogP contribution >= 0.6 is 22.9 Å². The fourth-order valence-electron chi connectivity index (χ4n) is 2.43. The third kappa shape index (κ3) is 3.14. The molecule has 0 aromatic carbocycles. The van der Waals surface area contributed by atoms with Crippen molar-refractivity contribution in [2.24, 2.45) is 0 Å². The highest BCUT2D eigenvalue weighted by molar-refractivity contribution is 7.19. The Kier molecular flexibility index (Phi) is 4.31. The van der Waals surface area contributed by atoms with E-state index in [2.05, 4.69) is 24.9 Å². The standard InChI is InChI=1S/C17H13N5O2S2/c1-9-7-12(17-18-5-6-24-17)25-14(9)11-3-4-13(19-8-11)20-16(23)15-10(2)21-22-26-15/h3-8H,1-2H3,(H,19,20,23). The van der Waals surface area contributed by atoms with E-state index in [9.17, 15) is 4.79 Å². The van der Waals surface area contributed by atoms with Crippen LogP contribution in [0.5, 0.6) is 0 Å². The number of rotatable bonds is 4. The van der Waals surface area contributed by atoms with Crippen molar-refractivity contribution < 1.29 is 9.21 Å². The summed E-state index contributed by atoms with van der Waals surface area (Å²) in [6, 6.07) is 5.75. The monoisotopic (exact) mass is 383 g/mol. The summed E-state index contributed by atoms with van der Waals surface area (Å²) in [5, 5.41) is 6.61. The summed E-state index contributed by atoms with van der Waals surface area (Å²) in [4.78, 5) is 23.3. The summed E-state index contributed by atoms with van der Waals surface area (Å²) in [6.45, 7) is 3.79. The third-order valence-corrected chi connectivity index (χ3v) is 5.79. The molecule has 1 amide bonds. The number of hydrogen-bond acceptors (Lipinski definition) is 8. The molecule has 0 bridgehead atoms. The number of pyridine rings is 1. The molecular formula is C17H13N5O2S2. The Morgan fingerprint density at radius 3 is 2.77 bits per heavy atom. The van der Waals surface area contributed by atoms with Crippen molar-refractivity contribution in [1.82, 2.24) is 19.6 Å². The van der Waals surface area contributed by atoms with Gasteiger partial charge in [0.15, 0.2) is 0 Å². The van der Waals surface area contributed by atoms with Crippen LogP contribution in [0, 0.1) is 13.8 Å². The van der Waals surface area contributed by atoms with Gasteiger partial charge in [0.25, 0.3) is 5.91 Å².